The first-order valence-electron chi connectivity index (χ1n) is 7.90. The van der Waals surface area contributed by atoms with Crippen LogP contribution < -0.4 is 0 Å². The van der Waals surface area contributed by atoms with Crippen LogP contribution in [-0.4, -0.2) is 35.5 Å². The van der Waals surface area contributed by atoms with E-state index >= 15 is 0 Å². The number of halogens is 2. The third-order valence-corrected chi connectivity index (χ3v) is 4.71. The Morgan fingerprint density at radius 1 is 1.35 bits per heavy atom. The Bertz CT molecular complexity index is 591. The molecule has 1 aliphatic rings. The Morgan fingerprint density at radius 2 is 2.09 bits per heavy atom. The lowest BCUT2D eigenvalue weighted by molar-refractivity contribution is -0.143. The van der Waals surface area contributed by atoms with E-state index in [1.165, 1.54) is 12.1 Å². The summed E-state index contributed by atoms with van der Waals surface area (Å²) in [6.45, 7) is 4.40. The second-order valence-corrected chi connectivity index (χ2v) is 6.60. The highest BCUT2D eigenvalue weighted by atomic mass is 35.5. The largest absolute Gasteiger partial charge is 0.449 e. The zero-order chi connectivity index (χ0) is 17.0. The monoisotopic (exact) mass is 357 g/mol. The van der Waals surface area contributed by atoms with Crippen molar-refractivity contribution in [2.75, 3.05) is 6.54 Å². The number of amides is 1. The molecule has 2 rings (SSSR count). The quantitative estimate of drug-likeness (QED) is 0.753. The summed E-state index contributed by atoms with van der Waals surface area (Å²) in [5.41, 5.74) is 0.210. The van der Waals surface area contributed by atoms with Gasteiger partial charge in [0.05, 0.1) is 10.6 Å². The number of nitrogens with zero attached hydrogens (tertiary/aromatic N) is 1. The Labute approximate surface area is 146 Å². The number of likely N-dealkylation sites (tertiary alicyclic amines) is 1. The van der Waals surface area contributed by atoms with E-state index in [0.29, 0.717) is 5.02 Å². The average Bonchev–Trinajstić information content (AvgIpc) is 2.53. The van der Waals surface area contributed by atoms with Gasteiger partial charge in [0.25, 0.3) is 5.91 Å². The summed E-state index contributed by atoms with van der Waals surface area (Å²) in [5.74, 6) is -0.757. The van der Waals surface area contributed by atoms with Crippen LogP contribution in [0, 0.1) is 0 Å². The van der Waals surface area contributed by atoms with Gasteiger partial charge >= 0.3 is 5.97 Å². The van der Waals surface area contributed by atoms with Crippen molar-refractivity contribution in [2.45, 2.75) is 51.7 Å². The van der Waals surface area contributed by atoms with Gasteiger partial charge in [-0.3, -0.25) is 4.79 Å². The molecule has 0 saturated carbocycles. The highest BCUT2D eigenvalue weighted by Gasteiger charge is 2.30. The minimum atomic E-state index is -0.832. The van der Waals surface area contributed by atoms with Crippen molar-refractivity contribution in [3.8, 4) is 0 Å². The topological polar surface area (TPSA) is 46.6 Å². The molecule has 1 amide bonds. The number of rotatable bonds is 4. The summed E-state index contributed by atoms with van der Waals surface area (Å²) in [5, 5.41) is 0.654. The van der Waals surface area contributed by atoms with E-state index in [4.69, 9.17) is 27.9 Å². The van der Waals surface area contributed by atoms with Gasteiger partial charge in [0, 0.05) is 17.6 Å². The average molecular weight is 358 g/mol. The molecule has 4 nitrogen and oxygen atoms in total. The summed E-state index contributed by atoms with van der Waals surface area (Å²) in [4.78, 5) is 26.6. The van der Waals surface area contributed by atoms with Gasteiger partial charge in [-0.1, -0.05) is 30.1 Å². The van der Waals surface area contributed by atoms with E-state index in [2.05, 4.69) is 6.92 Å². The predicted octanol–water partition coefficient (Wildman–Crippen LogP) is 4.33. The second-order valence-electron chi connectivity index (χ2n) is 5.76. The number of esters is 1. The minimum Gasteiger partial charge on any atom is -0.449 e. The Hall–Kier alpha value is -1.26. The standard InChI is InChI=1S/C17H21Cl2NO3/c1-3-13-6-4-5-9-20(13)16(21)11(2)23-17(22)14-8-7-12(18)10-15(14)19/h7-8,10-11,13H,3-6,9H2,1-2H3. The van der Waals surface area contributed by atoms with Gasteiger partial charge in [0.2, 0.25) is 0 Å². The third-order valence-electron chi connectivity index (χ3n) is 4.16. The molecular formula is C17H21Cl2NO3. The number of carbonyl (C=O) groups excluding carboxylic acids is 2. The van der Waals surface area contributed by atoms with E-state index in [0.717, 1.165) is 32.2 Å². The van der Waals surface area contributed by atoms with Crippen LogP contribution in [0.5, 0.6) is 0 Å². The van der Waals surface area contributed by atoms with Crippen LogP contribution in [0.2, 0.25) is 10.0 Å². The molecule has 0 radical (unpaired) electrons. The predicted molar refractivity (Wildman–Crippen MR) is 91.0 cm³/mol. The molecule has 0 N–H and O–H groups in total. The molecule has 126 valence electrons. The van der Waals surface area contributed by atoms with Crippen molar-refractivity contribution >= 4 is 35.1 Å². The van der Waals surface area contributed by atoms with Gasteiger partial charge in [0.1, 0.15) is 0 Å². The number of carbonyl (C=O) groups is 2. The van der Waals surface area contributed by atoms with Gasteiger partial charge in [-0.25, -0.2) is 4.79 Å². The van der Waals surface area contributed by atoms with Gasteiger partial charge in [0.15, 0.2) is 6.10 Å². The van der Waals surface area contributed by atoms with E-state index in [-0.39, 0.29) is 22.5 Å². The van der Waals surface area contributed by atoms with Gasteiger partial charge in [-0.2, -0.15) is 0 Å². The van der Waals surface area contributed by atoms with E-state index in [1.54, 1.807) is 13.0 Å². The fourth-order valence-corrected chi connectivity index (χ4v) is 3.36. The maximum Gasteiger partial charge on any atom is 0.340 e. The molecule has 1 aliphatic heterocycles. The summed E-state index contributed by atoms with van der Waals surface area (Å²) in [6, 6.07) is 4.77. The maximum atomic E-state index is 12.6. The van der Waals surface area contributed by atoms with Crippen LogP contribution in [0.1, 0.15) is 49.9 Å². The lowest BCUT2D eigenvalue weighted by atomic mass is 9.99. The lowest BCUT2D eigenvalue weighted by Crippen LogP contribution is -2.48. The molecule has 1 heterocycles. The van der Waals surface area contributed by atoms with Gasteiger partial charge in [-0.15, -0.1) is 0 Å². The first-order valence-corrected chi connectivity index (χ1v) is 8.66. The number of benzene rings is 1. The Morgan fingerprint density at radius 3 is 2.74 bits per heavy atom. The molecule has 2 atom stereocenters. The van der Waals surface area contributed by atoms with Crippen molar-refractivity contribution in [3.63, 3.8) is 0 Å². The Balaban J connectivity index is 2.03. The normalized spacial score (nSPS) is 19.3. The van der Waals surface area contributed by atoms with Crippen LogP contribution in [0.3, 0.4) is 0 Å². The van der Waals surface area contributed by atoms with Crippen LogP contribution in [0.15, 0.2) is 18.2 Å². The minimum absolute atomic E-state index is 0.144. The fraction of sp³-hybridized carbons (Fsp3) is 0.529. The van der Waals surface area contributed by atoms with Crippen molar-refractivity contribution in [1.29, 1.82) is 0 Å². The summed E-state index contributed by atoms with van der Waals surface area (Å²) in [6.07, 6.45) is 3.21. The molecule has 1 aromatic carbocycles. The lowest BCUT2D eigenvalue weighted by Gasteiger charge is -2.36. The SMILES string of the molecule is CCC1CCCCN1C(=O)C(C)OC(=O)c1ccc(Cl)cc1Cl. The van der Waals surface area contributed by atoms with Crippen molar-refractivity contribution < 1.29 is 14.3 Å². The summed E-state index contributed by atoms with van der Waals surface area (Å²) >= 11 is 11.8. The highest BCUT2D eigenvalue weighted by Crippen LogP contribution is 2.24. The number of piperidine rings is 1. The van der Waals surface area contributed by atoms with Crippen LogP contribution in [0.25, 0.3) is 0 Å². The zero-order valence-corrected chi connectivity index (χ0v) is 14.9. The van der Waals surface area contributed by atoms with E-state index in [9.17, 15) is 9.59 Å². The molecule has 1 fully saturated rings. The molecule has 23 heavy (non-hydrogen) atoms. The number of hydrogen-bond donors (Lipinski definition) is 0. The molecule has 0 aliphatic carbocycles. The smallest absolute Gasteiger partial charge is 0.340 e. The van der Waals surface area contributed by atoms with Crippen molar-refractivity contribution in [2.24, 2.45) is 0 Å². The van der Waals surface area contributed by atoms with E-state index in [1.807, 2.05) is 4.90 Å². The molecule has 0 bridgehead atoms. The van der Waals surface area contributed by atoms with Crippen LogP contribution in [-0.2, 0) is 9.53 Å². The van der Waals surface area contributed by atoms with Crippen molar-refractivity contribution in [3.05, 3.63) is 33.8 Å². The first-order chi connectivity index (χ1) is 10.9. The fourth-order valence-electron chi connectivity index (χ4n) is 2.88. The van der Waals surface area contributed by atoms with E-state index < -0.39 is 12.1 Å². The third kappa shape index (κ3) is 4.39. The zero-order valence-electron chi connectivity index (χ0n) is 13.4. The first kappa shape index (κ1) is 18.1. The molecule has 6 heteroatoms. The van der Waals surface area contributed by atoms with Crippen LogP contribution >= 0.6 is 23.2 Å². The van der Waals surface area contributed by atoms with Crippen molar-refractivity contribution in [1.82, 2.24) is 4.90 Å². The summed E-state index contributed by atoms with van der Waals surface area (Å²) in [7, 11) is 0. The molecule has 0 spiro atoms. The summed E-state index contributed by atoms with van der Waals surface area (Å²) < 4.78 is 5.31. The Kier molecular flexibility index (Phi) is 6.31. The highest BCUT2D eigenvalue weighted by molar-refractivity contribution is 6.36. The van der Waals surface area contributed by atoms with Crippen LogP contribution in [0.4, 0.5) is 0 Å². The molecule has 1 saturated heterocycles. The molecule has 2 unspecified atom stereocenters. The maximum absolute atomic E-state index is 12.6. The van der Waals surface area contributed by atoms with Gasteiger partial charge < -0.3 is 9.64 Å². The van der Waals surface area contributed by atoms with Gasteiger partial charge in [-0.05, 0) is 50.8 Å². The number of ether oxygens (including phenoxy) is 1. The second kappa shape index (κ2) is 8.02. The molecular weight excluding hydrogens is 337 g/mol. The number of hydrogen-bond acceptors (Lipinski definition) is 3. The molecule has 1 aromatic rings. The molecule has 0 aromatic heterocycles.